The smallest absolute Gasteiger partial charge is 0.271 e. The van der Waals surface area contributed by atoms with Crippen LogP contribution in [0.5, 0.6) is 0 Å². The van der Waals surface area contributed by atoms with Gasteiger partial charge in [-0.15, -0.1) is 11.3 Å². The van der Waals surface area contributed by atoms with Gasteiger partial charge in [0.2, 0.25) is 0 Å². The van der Waals surface area contributed by atoms with E-state index < -0.39 is 10.0 Å². The van der Waals surface area contributed by atoms with E-state index in [1.54, 1.807) is 6.07 Å². The summed E-state index contributed by atoms with van der Waals surface area (Å²) in [6, 6.07) is 3.01. The summed E-state index contributed by atoms with van der Waals surface area (Å²) in [6.07, 6.45) is 3.70. The zero-order chi connectivity index (χ0) is 13.7. The van der Waals surface area contributed by atoms with E-state index in [4.69, 9.17) is 16.4 Å². The maximum atomic E-state index is 11.8. The minimum Gasteiger partial charge on any atom is -0.301 e. The summed E-state index contributed by atoms with van der Waals surface area (Å²) >= 11 is 6.71. The van der Waals surface area contributed by atoms with E-state index >= 15 is 0 Å². The van der Waals surface area contributed by atoms with Crippen LogP contribution in [0, 0.1) is 0 Å². The quantitative estimate of drug-likeness (QED) is 0.643. The average Bonchev–Trinajstić information content (AvgIpc) is 2.84. The fraction of sp³-hybridized carbons (Fsp3) is 0.636. The van der Waals surface area contributed by atoms with Gasteiger partial charge in [-0.05, 0) is 38.1 Å². The van der Waals surface area contributed by atoms with Crippen molar-refractivity contribution in [1.82, 2.24) is 9.79 Å². The van der Waals surface area contributed by atoms with Crippen LogP contribution in [-0.4, -0.2) is 39.6 Å². The molecule has 1 aliphatic heterocycles. The first-order valence-electron chi connectivity index (χ1n) is 6.19. The molecule has 2 rings (SSSR count). The van der Waals surface area contributed by atoms with E-state index in [2.05, 4.69) is 9.79 Å². The molecule has 0 saturated carbocycles. The van der Waals surface area contributed by atoms with E-state index in [-0.39, 0.29) is 4.21 Å². The third-order valence-electron chi connectivity index (χ3n) is 2.94. The Balaban J connectivity index is 1.72. The Labute approximate surface area is 122 Å². The van der Waals surface area contributed by atoms with Crippen molar-refractivity contribution in [3.05, 3.63) is 16.5 Å². The molecular formula is C11H17ClN2O3S2. The van der Waals surface area contributed by atoms with Crippen molar-refractivity contribution in [1.29, 1.82) is 0 Å². The van der Waals surface area contributed by atoms with Crippen molar-refractivity contribution in [2.75, 3.05) is 26.2 Å². The second-order valence-electron chi connectivity index (χ2n) is 4.40. The molecule has 0 amide bonds. The normalized spacial score (nSPS) is 17.7. The summed E-state index contributed by atoms with van der Waals surface area (Å²) in [6.45, 7) is 3.22. The molecule has 1 saturated heterocycles. The third-order valence-corrected chi connectivity index (χ3v) is 5.88. The number of hydrogen-bond acceptors (Lipinski definition) is 5. The molecule has 0 atom stereocenters. The molecule has 19 heavy (non-hydrogen) atoms. The number of thiophene rings is 1. The Bertz CT molecular complexity index is 498. The molecule has 0 aliphatic carbocycles. The van der Waals surface area contributed by atoms with Crippen molar-refractivity contribution >= 4 is 33.0 Å². The van der Waals surface area contributed by atoms with Gasteiger partial charge in [0.25, 0.3) is 10.0 Å². The van der Waals surface area contributed by atoms with Gasteiger partial charge in [-0.2, -0.15) is 0 Å². The lowest BCUT2D eigenvalue weighted by molar-refractivity contribution is 0.0657. The number of likely N-dealkylation sites (tertiary alicyclic amines) is 1. The molecule has 0 unspecified atom stereocenters. The zero-order valence-electron chi connectivity index (χ0n) is 10.5. The molecule has 1 fully saturated rings. The predicted molar refractivity (Wildman–Crippen MR) is 75.9 cm³/mol. The Morgan fingerprint density at radius 2 is 2.05 bits per heavy atom. The summed E-state index contributed by atoms with van der Waals surface area (Å²) in [5, 5.41) is 0. The first kappa shape index (κ1) is 15.2. The van der Waals surface area contributed by atoms with Crippen LogP contribution in [0.2, 0.25) is 4.34 Å². The molecular weight excluding hydrogens is 308 g/mol. The molecule has 2 heterocycles. The summed E-state index contributed by atoms with van der Waals surface area (Å²) in [5.74, 6) is 0. The van der Waals surface area contributed by atoms with Crippen molar-refractivity contribution in [2.45, 2.75) is 23.5 Å². The monoisotopic (exact) mass is 324 g/mol. The molecule has 8 heteroatoms. The van der Waals surface area contributed by atoms with E-state index in [1.165, 1.54) is 25.3 Å². The zero-order valence-corrected chi connectivity index (χ0v) is 12.9. The molecule has 108 valence electrons. The highest BCUT2D eigenvalue weighted by Crippen LogP contribution is 2.25. The Hall–Kier alpha value is -0.180. The van der Waals surface area contributed by atoms with Crippen LogP contribution in [0.1, 0.15) is 19.3 Å². The van der Waals surface area contributed by atoms with Gasteiger partial charge in [-0.3, -0.25) is 4.84 Å². The molecule has 1 aromatic rings. The van der Waals surface area contributed by atoms with Crippen LogP contribution in [0.3, 0.4) is 0 Å². The predicted octanol–water partition coefficient (Wildman–Crippen LogP) is 2.10. The minimum absolute atomic E-state index is 0.162. The number of rotatable bonds is 6. The maximum Gasteiger partial charge on any atom is 0.271 e. The largest absolute Gasteiger partial charge is 0.301 e. The lowest BCUT2D eigenvalue weighted by atomic mass is 10.1. The van der Waals surface area contributed by atoms with Crippen LogP contribution >= 0.6 is 22.9 Å². The van der Waals surface area contributed by atoms with E-state index in [9.17, 15) is 8.42 Å². The summed E-state index contributed by atoms with van der Waals surface area (Å²) < 4.78 is 24.2. The van der Waals surface area contributed by atoms with Gasteiger partial charge in [0.1, 0.15) is 4.21 Å². The first-order valence-corrected chi connectivity index (χ1v) is 8.87. The van der Waals surface area contributed by atoms with Crippen LogP contribution in [-0.2, 0) is 14.9 Å². The second-order valence-corrected chi connectivity index (χ2v) is 7.98. The van der Waals surface area contributed by atoms with Gasteiger partial charge in [0.15, 0.2) is 0 Å². The highest BCUT2D eigenvalue weighted by atomic mass is 35.5. The van der Waals surface area contributed by atoms with Gasteiger partial charge in [0.05, 0.1) is 10.9 Å². The number of sulfonamides is 1. The fourth-order valence-corrected chi connectivity index (χ4v) is 4.25. The first-order chi connectivity index (χ1) is 9.08. The molecule has 1 aromatic heterocycles. The lowest BCUT2D eigenvalue weighted by Crippen LogP contribution is -2.34. The number of hydrogen-bond donors (Lipinski definition) is 1. The van der Waals surface area contributed by atoms with Gasteiger partial charge in [-0.25, -0.2) is 8.42 Å². The Morgan fingerprint density at radius 3 is 2.68 bits per heavy atom. The number of nitrogens with one attached hydrogen (secondary N) is 1. The molecule has 0 aromatic carbocycles. The number of halogens is 1. The SMILES string of the molecule is O=S(=O)(NOCCN1CCCCC1)c1ccc(Cl)s1. The minimum atomic E-state index is -3.60. The van der Waals surface area contributed by atoms with Crippen LogP contribution in [0.25, 0.3) is 0 Å². The van der Waals surface area contributed by atoms with Crippen molar-refractivity contribution in [3.63, 3.8) is 0 Å². The van der Waals surface area contributed by atoms with Crippen LogP contribution in [0.15, 0.2) is 16.3 Å². The molecule has 0 bridgehead atoms. The Morgan fingerprint density at radius 1 is 1.32 bits per heavy atom. The molecule has 1 N–H and O–H groups in total. The third kappa shape index (κ3) is 4.70. The average molecular weight is 325 g/mol. The summed E-state index contributed by atoms with van der Waals surface area (Å²) in [7, 11) is -3.60. The maximum absolute atomic E-state index is 11.8. The molecule has 0 radical (unpaired) electrons. The molecule has 5 nitrogen and oxygen atoms in total. The van der Waals surface area contributed by atoms with Crippen LogP contribution < -0.4 is 4.89 Å². The van der Waals surface area contributed by atoms with Crippen molar-refractivity contribution in [3.8, 4) is 0 Å². The highest BCUT2D eigenvalue weighted by molar-refractivity contribution is 7.91. The summed E-state index contributed by atoms with van der Waals surface area (Å²) in [5.41, 5.74) is 0. The van der Waals surface area contributed by atoms with Crippen molar-refractivity contribution < 1.29 is 13.3 Å². The van der Waals surface area contributed by atoms with E-state index in [0.717, 1.165) is 31.0 Å². The molecule has 1 aliphatic rings. The van der Waals surface area contributed by atoms with E-state index in [1.807, 2.05) is 0 Å². The lowest BCUT2D eigenvalue weighted by Gasteiger charge is -2.25. The number of piperidine rings is 1. The fourth-order valence-electron chi connectivity index (χ4n) is 1.96. The van der Waals surface area contributed by atoms with Gasteiger partial charge < -0.3 is 4.90 Å². The molecule has 0 spiro atoms. The van der Waals surface area contributed by atoms with Crippen LogP contribution in [0.4, 0.5) is 0 Å². The standard InChI is InChI=1S/C11H17ClN2O3S2/c12-10-4-5-11(18-10)19(15,16)13-17-9-8-14-6-2-1-3-7-14/h4-5,13H,1-3,6-9H2. The summed E-state index contributed by atoms with van der Waals surface area (Å²) in [4.78, 5) is 9.45. The highest BCUT2D eigenvalue weighted by Gasteiger charge is 2.17. The second kappa shape index (κ2) is 7.01. The van der Waals surface area contributed by atoms with Crippen molar-refractivity contribution in [2.24, 2.45) is 0 Å². The van der Waals surface area contributed by atoms with Gasteiger partial charge in [0, 0.05) is 6.54 Å². The topological polar surface area (TPSA) is 58.6 Å². The van der Waals surface area contributed by atoms with E-state index in [0.29, 0.717) is 10.9 Å². The Kier molecular flexibility index (Phi) is 5.61. The number of nitrogens with zero attached hydrogens (tertiary/aromatic N) is 1. The van der Waals surface area contributed by atoms with Gasteiger partial charge >= 0.3 is 0 Å². The van der Waals surface area contributed by atoms with Gasteiger partial charge in [-0.1, -0.05) is 22.9 Å².